The first-order valence-electron chi connectivity index (χ1n) is 9.81. The number of amides is 1. The Kier molecular flexibility index (Phi) is 6.92. The summed E-state index contributed by atoms with van der Waals surface area (Å²) in [7, 11) is -3.57. The lowest BCUT2D eigenvalue weighted by molar-refractivity contribution is 0.100. The van der Waals surface area contributed by atoms with Crippen LogP contribution < -0.4 is 0 Å². The van der Waals surface area contributed by atoms with Gasteiger partial charge in [0.25, 0.3) is 5.91 Å². The van der Waals surface area contributed by atoms with Gasteiger partial charge in [-0.25, -0.2) is 13.4 Å². The minimum atomic E-state index is -3.57. The molecule has 6 heteroatoms. The highest BCUT2D eigenvalue weighted by molar-refractivity contribution is 7.89. The highest BCUT2D eigenvalue weighted by Gasteiger charge is 2.21. The molecular formula is C24H24N2O3S. The molecule has 0 aliphatic carbocycles. The van der Waals surface area contributed by atoms with Crippen molar-refractivity contribution in [2.24, 2.45) is 4.99 Å². The number of rotatable bonds is 7. The molecular weight excluding hydrogens is 396 g/mol. The van der Waals surface area contributed by atoms with Gasteiger partial charge in [-0.15, -0.1) is 0 Å². The number of carbonyl (C=O) groups excluding carboxylic acids is 1. The Morgan fingerprint density at radius 1 is 0.733 bits per heavy atom. The molecule has 0 saturated heterocycles. The van der Waals surface area contributed by atoms with Crippen LogP contribution in [0.15, 0.2) is 94.8 Å². The van der Waals surface area contributed by atoms with Gasteiger partial charge < -0.3 is 0 Å². The Balaban J connectivity index is 1.96. The van der Waals surface area contributed by atoms with E-state index in [2.05, 4.69) is 4.99 Å². The van der Waals surface area contributed by atoms with Crippen molar-refractivity contribution in [2.45, 2.75) is 18.7 Å². The summed E-state index contributed by atoms with van der Waals surface area (Å²) in [5, 5.41) is 0. The number of hydrogen-bond donors (Lipinski definition) is 0. The number of aliphatic imine (C=N–C) groups is 1. The first-order valence-corrected chi connectivity index (χ1v) is 11.3. The molecule has 0 N–H and O–H groups in total. The van der Waals surface area contributed by atoms with E-state index in [1.807, 2.05) is 60.7 Å². The molecule has 154 valence electrons. The third-order valence-corrected chi connectivity index (χ3v) is 6.82. The molecule has 0 fully saturated rings. The Labute approximate surface area is 177 Å². The summed E-state index contributed by atoms with van der Waals surface area (Å²) < 4.78 is 26.7. The molecule has 3 aromatic rings. The second kappa shape index (κ2) is 9.61. The fraction of sp³-hybridized carbons (Fsp3) is 0.167. The van der Waals surface area contributed by atoms with Gasteiger partial charge in [-0.1, -0.05) is 74.5 Å². The third-order valence-electron chi connectivity index (χ3n) is 4.75. The van der Waals surface area contributed by atoms with Crippen molar-refractivity contribution in [1.29, 1.82) is 0 Å². The van der Waals surface area contributed by atoms with E-state index in [9.17, 15) is 13.2 Å². The molecule has 30 heavy (non-hydrogen) atoms. The minimum Gasteiger partial charge on any atom is -0.267 e. The normalized spacial score (nSPS) is 11.3. The van der Waals surface area contributed by atoms with Gasteiger partial charge >= 0.3 is 0 Å². The fourth-order valence-corrected chi connectivity index (χ4v) is 4.59. The Morgan fingerprint density at radius 2 is 1.20 bits per heavy atom. The Morgan fingerprint density at radius 3 is 1.63 bits per heavy atom. The SMILES string of the molecule is CCN(CC)S(=O)(=O)c1ccc(C(=O)N=C(c2ccccc2)c2ccccc2)cc1. The topological polar surface area (TPSA) is 66.8 Å². The maximum Gasteiger partial charge on any atom is 0.277 e. The lowest BCUT2D eigenvalue weighted by Crippen LogP contribution is -2.30. The van der Waals surface area contributed by atoms with Crippen LogP contribution in [0, 0.1) is 0 Å². The molecule has 0 aromatic heterocycles. The van der Waals surface area contributed by atoms with E-state index in [0.29, 0.717) is 24.4 Å². The average molecular weight is 421 g/mol. The van der Waals surface area contributed by atoms with Crippen LogP contribution in [0.3, 0.4) is 0 Å². The molecule has 0 atom stereocenters. The first-order chi connectivity index (χ1) is 14.5. The van der Waals surface area contributed by atoms with Crippen LogP contribution in [-0.2, 0) is 10.0 Å². The lowest BCUT2D eigenvalue weighted by atomic mass is 10.0. The zero-order valence-corrected chi connectivity index (χ0v) is 17.8. The number of hydrogen-bond acceptors (Lipinski definition) is 3. The van der Waals surface area contributed by atoms with Crippen LogP contribution in [-0.4, -0.2) is 37.4 Å². The van der Waals surface area contributed by atoms with E-state index in [0.717, 1.165) is 11.1 Å². The van der Waals surface area contributed by atoms with Gasteiger partial charge in [-0.05, 0) is 24.3 Å². The molecule has 0 radical (unpaired) electrons. The quantitative estimate of drug-likeness (QED) is 0.532. The van der Waals surface area contributed by atoms with Gasteiger partial charge in [0, 0.05) is 29.8 Å². The summed E-state index contributed by atoms with van der Waals surface area (Å²) in [6, 6.07) is 24.9. The number of benzene rings is 3. The van der Waals surface area contributed by atoms with E-state index < -0.39 is 15.9 Å². The highest BCUT2D eigenvalue weighted by Crippen LogP contribution is 2.18. The largest absolute Gasteiger partial charge is 0.277 e. The van der Waals surface area contributed by atoms with Crippen molar-refractivity contribution in [1.82, 2.24) is 4.31 Å². The summed E-state index contributed by atoms with van der Waals surface area (Å²) >= 11 is 0. The van der Waals surface area contributed by atoms with Crippen LogP contribution in [0.2, 0.25) is 0 Å². The van der Waals surface area contributed by atoms with Crippen molar-refractivity contribution in [3.05, 3.63) is 102 Å². The molecule has 0 unspecified atom stereocenters. The van der Waals surface area contributed by atoms with Crippen molar-refractivity contribution in [3.63, 3.8) is 0 Å². The average Bonchev–Trinajstić information content (AvgIpc) is 2.79. The smallest absolute Gasteiger partial charge is 0.267 e. The molecule has 5 nitrogen and oxygen atoms in total. The standard InChI is InChI=1S/C24H24N2O3S/c1-3-26(4-2)30(28,29)22-17-15-21(16-18-22)24(27)25-23(19-11-7-5-8-12-19)20-13-9-6-10-14-20/h5-18H,3-4H2,1-2H3. The van der Waals surface area contributed by atoms with E-state index >= 15 is 0 Å². The molecule has 0 spiro atoms. The lowest BCUT2D eigenvalue weighted by Gasteiger charge is -2.18. The predicted molar refractivity (Wildman–Crippen MR) is 119 cm³/mol. The fourth-order valence-electron chi connectivity index (χ4n) is 3.14. The van der Waals surface area contributed by atoms with Gasteiger partial charge in [0.1, 0.15) is 0 Å². The van der Waals surface area contributed by atoms with Gasteiger partial charge in [0.05, 0.1) is 10.6 Å². The molecule has 0 bridgehead atoms. The molecule has 1 amide bonds. The second-order valence-corrected chi connectivity index (χ2v) is 8.55. The van der Waals surface area contributed by atoms with E-state index in [1.54, 1.807) is 13.8 Å². The maximum atomic E-state index is 12.9. The summed E-state index contributed by atoms with van der Waals surface area (Å²) in [4.78, 5) is 17.4. The van der Waals surface area contributed by atoms with Gasteiger partial charge in [0.2, 0.25) is 10.0 Å². The van der Waals surface area contributed by atoms with Crippen molar-refractivity contribution >= 4 is 21.6 Å². The molecule has 0 aliphatic heterocycles. The van der Waals surface area contributed by atoms with Gasteiger partial charge in [0.15, 0.2) is 0 Å². The van der Waals surface area contributed by atoms with E-state index in [1.165, 1.54) is 28.6 Å². The van der Waals surface area contributed by atoms with Crippen LogP contribution in [0.5, 0.6) is 0 Å². The van der Waals surface area contributed by atoms with Crippen LogP contribution >= 0.6 is 0 Å². The van der Waals surface area contributed by atoms with Crippen molar-refractivity contribution in [2.75, 3.05) is 13.1 Å². The van der Waals surface area contributed by atoms with Crippen molar-refractivity contribution in [3.8, 4) is 0 Å². The van der Waals surface area contributed by atoms with Crippen molar-refractivity contribution < 1.29 is 13.2 Å². The van der Waals surface area contributed by atoms with Crippen LogP contribution in [0.25, 0.3) is 0 Å². The highest BCUT2D eigenvalue weighted by atomic mass is 32.2. The minimum absolute atomic E-state index is 0.165. The third kappa shape index (κ3) is 4.72. The van der Waals surface area contributed by atoms with E-state index in [-0.39, 0.29) is 4.90 Å². The summed E-state index contributed by atoms with van der Waals surface area (Å²) in [6.45, 7) is 4.37. The van der Waals surface area contributed by atoms with Crippen LogP contribution in [0.4, 0.5) is 0 Å². The number of carbonyl (C=O) groups is 1. The maximum absolute atomic E-state index is 12.9. The number of nitrogens with zero attached hydrogens (tertiary/aromatic N) is 2. The molecule has 3 rings (SSSR count). The van der Waals surface area contributed by atoms with Gasteiger partial charge in [-0.3, -0.25) is 4.79 Å². The van der Waals surface area contributed by atoms with Crippen LogP contribution in [0.1, 0.15) is 35.3 Å². The second-order valence-electron chi connectivity index (χ2n) is 6.61. The first kappa shape index (κ1) is 21.6. The van der Waals surface area contributed by atoms with Gasteiger partial charge in [-0.2, -0.15) is 4.31 Å². The summed E-state index contributed by atoms with van der Waals surface area (Å²) in [5.74, 6) is -0.426. The predicted octanol–water partition coefficient (Wildman–Crippen LogP) is 4.39. The Bertz CT molecular complexity index is 1080. The Hall–Kier alpha value is -3.09. The molecule has 0 saturated carbocycles. The zero-order chi connectivity index (χ0) is 21.6. The zero-order valence-electron chi connectivity index (χ0n) is 17.0. The molecule has 3 aromatic carbocycles. The van der Waals surface area contributed by atoms with E-state index in [4.69, 9.17) is 0 Å². The summed E-state index contributed by atoms with van der Waals surface area (Å²) in [6.07, 6.45) is 0. The molecule has 0 heterocycles. The monoisotopic (exact) mass is 420 g/mol. The summed E-state index contributed by atoms with van der Waals surface area (Å²) in [5.41, 5.74) is 2.56. The molecule has 0 aliphatic rings. The number of sulfonamides is 1.